The van der Waals surface area contributed by atoms with E-state index >= 15 is 0 Å². The maximum Gasteiger partial charge on any atom is 0.0986 e. The Hall–Kier alpha value is -0.120. The predicted octanol–water partition coefficient (Wildman–Crippen LogP) is -0.128. The molecule has 0 aromatic carbocycles. The second-order valence-corrected chi connectivity index (χ2v) is 3.05. The topological polar surface area (TPSA) is 55.5 Å². The van der Waals surface area contributed by atoms with Crippen LogP contribution in [0.25, 0.3) is 0 Å². The molecule has 0 bridgehead atoms. The van der Waals surface area contributed by atoms with Crippen LogP contribution in [-0.4, -0.2) is 29.5 Å². The molecule has 1 fully saturated rings. The van der Waals surface area contributed by atoms with Gasteiger partial charge in [-0.05, 0) is 20.3 Å². The molecular weight excluding hydrogens is 130 g/mol. The summed E-state index contributed by atoms with van der Waals surface area (Å²) < 4.78 is 5.36. The van der Waals surface area contributed by atoms with Crippen molar-refractivity contribution in [2.24, 2.45) is 5.73 Å². The van der Waals surface area contributed by atoms with Gasteiger partial charge in [-0.15, -0.1) is 0 Å². The molecule has 0 aromatic rings. The lowest BCUT2D eigenvalue weighted by Gasteiger charge is -2.17. The summed E-state index contributed by atoms with van der Waals surface area (Å²) in [6, 6.07) is 0.00926. The molecular formula is C7H15NO2. The summed E-state index contributed by atoms with van der Waals surface area (Å²) in [6.45, 7) is 3.69. The van der Waals surface area contributed by atoms with Gasteiger partial charge in [-0.3, -0.25) is 0 Å². The first-order chi connectivity index (χ1) is 4.61. The van der Waals surface area contributed by atoms with Crippen LogP contribution >= 0.6 is 0 Å². The molecule has 10 heavy (non-hydrogen) atoms. The minimum Gasteiger partial charge on any atom is -0.391 e. The molecule has 0 spiro atoms. The molecule has 60 valence electrons. The zero-order chi connectivity index (χ0) is 7.72. The number of aliphatic hydroxyl groups is 1. The fraction of sp³-hybridized carbons (Fsp3) is 1.00. The molecule has 0 radical (unpaired) electrons. The third-order valence-electron chi connectivity index (χ3n) is 1.89. The highest BCUT2D eigenvalue weighted by molar-refractivity contribution is 4.86. The molecule has 0 aromatic heterocycles. The number of aliphatic hydroxyl groups excluding tert-OH is 1. The van der Waals surface area contributed by atoms with E-state index in [-0.39, 0.29) is 18.2 Å². The molecule has 3 nitrogen and oxygen atoms in total. The molecule has 1 saturated heterocycles. The van der Waals surface area contributed by atoms with E-state index in [0.717, 1.165) is 6.42 Å². The Morgan fingerprint density at radius 2 is 2.30 bits per heavy atom. The van der Waals surface area contributed by atoms with Gasteiger partial charge in [-0.25, -0.2) is 0 Å². The summed E-state index contributed by atoms with van der Waals surface area (Å²) >= 11 is 0. The molecule has 0 aliphatic carbocycles. The zero-order valence-corrected chi connectivity index (χ0v) is 6.45. The number of rotatable bonds is 1. The highest BCUT2D eigenvalue weighted by atomic mass is 16.5. The van der Waals surface area contributed by atoms with E-state index in [1.165, 1.54) is 0 Å². The highest BCUT2D eigenvalue weighted by Crippen LogP contribution is 2.20. The Morgan fingerprint density at radius 3 is 2.50 bits per heavy atom. The molecule has 3 N–H and O–H groups in total. The van der Waals surface area contributed by atoms with Gasteiger partial charge in [-0.1, -0.05) is 0 Å². The van der Waals surface area contributed by atoms with E-state index in [0.29, 0.717) is 0 Å². The van der Waals surface area contributed by atoms with Gasteiger partial charge in [0.2, 0.25) is 0 Å². The van der Waals surface area contributed by atoms with Crippen LogP contribution in [0.15, 0.2) is 0 Å². The van der Waals surface area contributed by atoms with Gasteiger partial charge in [0.15, 0.2) is 0 Å². The van der Waals surface area contributed by atoms with Gasteiger partial charge < -0.3 is 15.6 Å². The van der Waals surface area contributed by atoms with Crippen molar-refractivity contribution in [3.8, 4) is 0 Å². The summed E-state index contributed by atoms with van der Waals surface area (Å²) in [7, 11) is 0. The fourth-order valence-electron chi connectivity index (χ4n) is 1.41. The van der Waals surface area contributed by atoms with Crippen LogP contribution in [0.4, 0.5) is 0 Å². The second kappa shape index (κ2) is 2.86. The van der Waals surface area contributed by atoms with Crippen molar-refractivity contribution < 1.29 is 9.84 Å². The van der Waals surface area contributed by atoms with Gasteiger partial charge >= 0.3 is 0 Å². The van der Waals surface area contributed by atoms with E-state index in [1.54, 1.807) is 6.92 Å². The van der Waals surface area contributed by atoms with E-state index in [2.05, 4.69) is 0 Å². The van der Waals surface area contributed by atoms with Crippen LogP contribution in [0.5, 0.6) is 0 Å². The maximum atomic E-state index is 9.14. The molecule has 1 aliphatic rings. The Bertz CT molecular complexity index is 116. The van der Waals surface area contributed by atoms with Crippen molar-refractivity contribution in [3.63, 3.8) is 0 Å². The van der Waals surface area contributed by atoms with Crippen LogP contribution in [0.1, 0.15) is 20.3 Å². The first-order valence-electron chi connectivity index (χ1n) is 3.70. The van der Waals surface area contributed by atoms with Gasteiger partial charge in [-0.2, -0.15) is 0 Å². The maximum absolute atomic E-state index is 9.14. The van der Waals surface area contributed by atoms with Crippen LogP contribution in [-0.2, 0) is 4.74 Å². The van der Waals surface area contributed by atoms with E-state index in [4.69, 9.17) is 15.6 Å². The van der Waals surface area contributed by atoms with Crippen LogP contribution in [0, 0.1) is 0 Å². The Morgan fingerprint density at radius 1 is 1.70 bits per heavy atom. The monoisotopic (exact) mass is 145 g/mol. The molecule has 4 atom stereocenters. The van der Waals surface area contributed by atoms with Gasteiger partial charge in [0.1, 0.15) is 0 Å². The lowest BCUT2D eigenvalue weighted by Crippen LogP contribution is -2.38. The van der Waals surface area contributed by atoms with Gasteiger partial charge in [0.05, 0.1) is 18.3 Å². The number of nitrogens with two attached hydrogens (primary N) is 1. The molecule has 1 heterocycles. The average Bonchev–Trinajstić information content (AvgIpc) is 2.10. The van der Waals surface area contributed by atoms with Crippen molar-refractivity contribution in [2.45, 2.75) is 44.6 Å². The summed E-state index contributed by atoms with van der Waals surface area (Å²) in [6.07, 6.45) is 0.458. The Kier molecular flexibility index (Phi) is 2.28. The molecule has 0 saturated carbocycles. The highest BCUT2D eigenvalue weighted by Gasteiger charge is 2.32. The normalized spacial score (nSPS) is 43.8. The Balaban J connectivity index is 2.46. The third-order valence-corrected chi connectivity index (χ3v) is 1.89. The standard InChI is InChI=1S/C7H15NO2/c1-4-3-6(8)7(10-4)5(2)9/h4-7,9H,3,8H2,1-2H3/t4-,5?,6-,7-/m0/s1. The van der Waals surface area contributed by atoms with E-state index in [9.17, 15) is 0 Å². The number of hydrogen-bond acceptors (Lipinski definition) is 3. The summed E-state index contributed by atoms with van der Waals surface area (Å²) in [5.74, 6) is 0. The Labute approximate surface area is 61.2 Å². The van der Waals surface area contributed by atoms with Crippen molar-refractivity contribution in [2.75, 3.05) is 0 Å². The first-order valence-corrected chi connectivity index (χ1v) is 3.70. The lowest BCUT2D eigenvalue weighted by atomic mass is 10.1. The third kappa shape index (κ3) is 1.48. The summed E-state index contributed by atoms with van der Waals surface area (Å²) in [4.78, 5) is 0. The molecule has 1 aliphatic heterocycles. The SMILES string of the molecule is CC(O)[C@@H]1O[C@@H](C)C[C@@H]1N. The van der Waals surface area contributed by atoms with Crippen molar-refractivity contribution in [1.29, 1.82) is 0 Å². The quantitative estimate of drug-likeness (QED) is 0.540. The van der Waals surface area contributed by atoms with Gasteiger partial charge in [0, 0.05) is 6.04 Å². The fourth-order valence-corrected chi connectivity index (χ4v) is 1.41. The number of hydrogen-bond donors (Lipinski definition) is 2. The van der Waals surface area contributed by atoms with Gasteiger partial charge in [0.25, 0.3) is 0 Å². The summed E-state index contributed by atoms with van der Waals surface area (Å²) in [5.41, 5.74) is 5.69. The molecule has 3 heteroatoms. The smallest absolute Gasteiger partial charge is 0.0986 e. The number of ether oxygens (including phenoxy) is 1. The first kappa shape index (κ1) is 7.98. The van der Waals surface area contributed by atoms with Crippen LogP contribution in [0.2, 0.25) is 0 Å². The minimum atomic E-state index is -0.444. The second-order valence-electron chi connectivity index (χ2n) is 3.05. The van der Waals surface area contributed by atoms with Crippen molar-refractivity contribution >= 4 is 0 Å². The van der Waals surface area contributed by atoms with Crippen molar-refractivity contribution in [3.05, 3.63) is 0 Å². The average molecular weight is 145 g/mol. The van der Waals surface area contributed by atoms with Crippen LogP contribution in [0.3, 0.4) is 0 Å². The molecule has 0 amide bonds. The summed E-state index contributed by atoms with van der Waals surface area (Å²) in [5, 5.41) is 9.14. The van der Waals surface area contributed by atoms with E-state index in [1.807, 2.05) is 6.92 Å². The van der Waals surface area contributed by atoms with E-state index < -0.39 is 6.10 Å². The predicted molar refractivity (Wildman–Crippen MR) is 38.6 cm³/mol. The minimum absolute atomic E-state index is 0.00926. The van der Waals surface area contributed by atoms with Crippen molar-refractivity contribution in [1.82, 2.24) is 0 Å². The molecule has 1 rings (SSSR count). The zero-order valence-electron chi connectivity index (χ0n) is 6.45. The van der Waals surface area contributed by atoms with Crippen LogP contribution < -0.4 is 5.73 Å². The lowest BCUT2D eigenvalue weighted by molar-refractivity contribution is -0.0247. The largest absolute Gasteiger partial charge is 0.391 e. The molecule has 1 unspecified atom stereocenters.